The van der Waals surface area contributed by atoms with E-state index in [2.05, 4.69) is 5.32 Å². The summed E-state index contributed by atoms with van der Waals surface area (Å²) < 4.78 is 5.00. The molecule has 1 aromatic rings. The van der Waals surface area contributed by atoms with Gasteiger partial charge >= 0.3 is 5.97 Å². The van der Waals surface area contributed by atoms with Crippen LogP contribution in [0, 0.1) is 6.92 Å². The zero-order valence-corrected chi connectivity index (χ0v) is 10.0. The fraction of sp³-hybridized carbons (Fsp3) is 0.500. The molecule has 2 N–H and O–H groups in total. The zero-order valence-electron chi connectivity index (χ0n) is 10.0. The molecule has 0 spiro atoms. The summed E-state index contributed by atoms with van der Waals surface area (Å²) in [4.78, 5) is 22.7. The third kappa shape index (κ3) is 3.62. The van der Waals surface area contributed by atoms with Crippen LogP contribution in [0.5, 0.6) is 0 Å². The molecule has 0 saturated carbocycles. The summed E-state index contributed by atoms with van der Waals surface area (Å²) in [6.45, 7) is 3.64. The van der Waals surface area contributed by atoms with Crippen molar-refractivity contribution in [2.75, 3.05) is 0 Å². The van der Waals surface area contributed by atoms with E-state index in [0.717, 1.165) is 12.8 Å². The molecule has 0 bridgehead atoms. The molecule has 17 heavy (non-hydrogen) atoms. The molecule has 1 aromatic heterocycles. The maximum Gasteiger partial charge on any atom is 0.326 e. The summed E-state index contributed by atoms with van der Waals surface area (Å²) in [5, 5.41) is 11.5. The summed E-state index contributed by atoms with van der Waals surface area (Å²) in [5.41, 5.74) is 0.382. The largest absolute Gasteiger partial charge is 0.480 e. The lowest BCUT2D eigenvalue weighted by Gasteiger charge is -2.13. The van der Waals surface area contributed by atoms with Crippen molar-refractivity contribution in [2.45, 2.75) is 39.2 Å². The topological polar surface area (TPSA) is 79.5 Å². The minimum absolute atomic E-state index is 0.382. The van der Waals surface area contributed by atoms with E-state index in [-0.39, 0.29) is 0 Å². The third-order valence-electron chi connectivity index (χ3n) is 2.55. The number of rotatable bonds is 6. The Hall–Kier alpha value is -1.78. The summed E-state index contributed by atoms with van der Waals surface area (Å²) in [5.74, 6) is -0.921. The van der Waals surface area contributed by atoms with Crippen LogP contribution in [0.2, 0.25) is 0 Å². The molecule has 94 valence electrons. The van der Waals surface area contributed by atoms with Crippen LogP contribution in [0.1, 0.15) is 42.3 Å². The molecule has 0 aliphatic rings. The lowest BCUT2D eigenvalue weighted by molar-refractivity contribution is -0.139. The predicted octanol–water partition coefficient (Wildman–Crippen LogP) is 1.96. The molecule has 1 amide bonds. The van der Waals surface area contributed by atoms with Gasteiger partial charge < -0.3 is 14.8 Å². The number of nitrogens with one attached hydrogen (secondary N) is 1. The minimum Gasteiger partial charge on any atom is -0.480 e. The van der Waals surface area contributed by atoms with Gasteiger partial charge in [-0.3, -0.25) is 4.79 Å². The summed E-state index contributed by atoms with van der Waals surface area (Å²) >= 11 is 0. The van der Waals surface area contributed by atoms with Crippen molar-refractivity contribution in [3.63, 3.8) is 0 Å². The van der Waals surface area contributed by atoms with E-state index in [4.69, 9.17) is 9.52 Å². The van der Waals surface area contributed by atoms with Crippen LogP contribution in [0.3, 0.4) is 0 Å². The van der Waals surface area contributed by atoms with Crippen LogP contribution in [0.15, 0.2) is 16.7 Å². The van der Waals surface area contributed by atoms with Crippen molar-refractivity contribution in [3.8, 4) is 0 Å². The number of carbonyl (C=O) groups excluding carboxylic acids is 1. The number of hydrogen-bond donors (Lipinski definition) is 2. The van der Waals surface area contributed by atoms with Gasteiger partial charge in [-0.1, -0.05) is 19.8 Å². The molecule has 0 aliphatic carbocycles. The molecule has 0 aliphatic heterocycles. The second kappa shape index (κ2) is 6.08. The van der Waals surface area contributed by atoms with Crippen molar-refractivity contribution in [3.05, 3.63) is 23.7 Å². The second-order valence-corrected chi connectivity index (χ2v) is 3.90. The lowest BCUT2D eigenvalue weighted by atomic mass is 10.1. The molecular formula is C12H17NO4. The number of hydrogen-bond acceptors (Lipinski definition) is 3. The number of aryl methyl sites for hydroxylation is 1. The highest BCUT2D eigenvalue weighted by molar-refractivity contribution is 5.97. The Kier molecular flexibility index (Phi) is 4.75. The van der Waals surface area contributed by atoms with Gasteiger partial charge in [-0.25, -0.2) is 4.79 Å². The molecule has 0 unspecified atom stereocenters. The maximum atomic E-state index is 11.8. The average molecular weight is 239 g/mol. The molecule has 0 radical (unpaired) electrons. The van der Waals surface area contributed by atoms with Crippen LogP contribution in [0.4, 0.5) is 0 Å². The molecule has 1 heterocycles. The average Bonchev–Trinajstić information content (AvgIpc) is 2.70. The number of unbranched alkanes of at least 4 members (excludes halogenated alkanes) is 1. The molecule has 5 nitrogen and oxygen atoms in total. The third-order valence-corrected chi connectivity index (χ3v) is 2.55. The zero-order chi connectivity index (χ0) is 12.8. The van der Waals surface area contributed by atoms with Crippen molar-refractivity contribution in [2.24, 2.45) is 0 Å². The van der Waals surface area contributed by atoms with E-state index in [1.54, 1.807) is 6.92 Å². The van der Waals surface area contributed by atoms with Gasteiger partial charge in [-0.15, -0.1) is 0 Å². The summed E-state index contributed by atoms with van der Waals surface area (Å²) in [6.07, 6.45) is 3.51. The molecule has 1 rings (SSSR count). The normalized spacial score (nSPS) is 12.1. The number of amides is 1. The molecule has 0 saturated heterocycles. The van der Waals surface area contributed by atoms with E-state index in [1.165, 1.54) is 12.3 Å². The molecule has 1 atom stereocenters. The summed E-state index contributed by atoms with van der Waals surface area (Å²) in [6, 6.07) is 0.695. The first-order valence-electron chi connectivity index (χ1n) is 5.64. The standard InChI is InChI=1S/C12H17NO4/c1-3-4-5-10(12(15)16)13-11(14)9-6-7-17-8(9)2/h6-7,10H,3-5H2,1-2H3,(H,13,14)(H,15,16)/t10-/m0/s1. The lowest BCUT2D eigenvalue weighted by Crippen LogP contribution is -2.40. The van der Waals surface area contributed by atoms with Crippen molar-refractivity contribution >= 4 is 11.9 Å². The number of furan rings is 1. The second-order valence-electron chi connectivity index (χ2n) is 3.90. The Morgan fingerprint density at radius 1 is 1.53 bits per heavy atom. The first-order chi connectivity index (χ1) is 8.06. The van der Waals surface area contributed by atoms with E-state index in [0.29, 0.717) is 17.7 Å². The van der Waals surface area contributed by atoms with Crippen molar-refractivity contribution < 1.29 is 19.1 Å². The molecule has 5 heteroatoms. The SMILES string of the molecule is CCCC[C@H](NC(=O)c1ccoc1C)C(=O)O. The Balaban J connectivity index is 2.64. The highest BCUT2D eigenvalue weighted by atomic mass is 16.4. The van der Waals surface area contributed by atoms with Gasteiger partial charge in [0.05, 0.1) is 11.8 Å². The van der Waals surface area contributed by atoms with Gasteiger partial charge in [0, 0.05) is 0 Å². The van der Waals surface area contributed by atoms with Gasteiger partial charge in [0.1, 0.15) is 11.8 Å². The Labute approximate surface area is 99.8 Å². The van der Waals surface area contributed by atoms with Crippen molar-refractivity contribution in [1.82, 2.24) is 5.32 Å². The fourth-order valence-electron chi connectivity index (χ4n) is 1.52. The van der Waals surface area contributed by atoms with Crippen LogP contribution in [-0.4, -0.2) is 23.0 Å². The van der Waals surface area contributed by atoms with Gasteiger partial charge in [-0.2, -0.15) is 0 Å². The first-order valence-corrected chi connectivity index (χ1v) is 5.64. The first kappa shape index (κ1) is 13.3. The van der Waals surface area contributed by atoms with E-state index in [1.807, 2.05) is 6.92 Å². The maximum absolute atomic E-state index is 11.8. The van der Waals surface area contributed by atoms with Crippen LogP contribution in [0.25, 0.3) is 0 Å². The Bertz CT molecular complexity index is 397. The van der Waals surface area contributed by atoms with E-state index < -0.39 is 17.9 Å². The highest BCUT2D eigenvalue weighted by Crippen LogP contribution is 2.09. The Morgan fingerprint density at radius 2 is 2.24 bits per heavy atom. The smallest absolute Gasteiger partial charge is 0.326 e. The molecular weight excluding hydrogens is 222 g/mol. The van der Waals surface area contributed by atoms with Crippen LogP contribution < -0.4 is 5.32 Å². The van der Waals surface area contributed by atoms with Gasteiger partial charge in [-0.05, 0) is 19.4 Å². The predicted molar refractivity (Wildman–Crippen MR) is 61.9 cm³/mol. The Morgan fingerprint density at radius 3 is 2.71 bits per heavy atom. The number of aliphatic carboxylic acids is 1. The molecule has 0 fully saturated rings. The van der Waals surface area contributed by atoms with E-state index >= 15 is 0 Å². The quantitative estimate of drug-likeness (QED) is 0.795. The van der Waals surface area contributed by atoms with Crippen LogP contribution >= 0.6 is 0 Å². The highest BCUT2D eigenvalue weighted by Gasteiger charge is 2.21. The van der Waals surface area contributed by atoms with Gasteiger partial charge in [0.15, 0.2) is 0 Å². The number of carbonyl (C=O) groups is 2. The van der Waals surface area contributed by atoms with Gasteiger partial charge in [0.2, 0.25) is 0 Å². The monoisotopic (exact) mass is 239 g/mol. The fourth-order valence-corrected chi connectivity index (χ4v) is 1.52. The number of carboxylic acids is 1. The molecule has 0 aromatic carbocycles. The summed E-state index contributed by atoms with van der Waals surface area (Å²) in [7, 11) is 0. The van der Waals surface area contributed by atoms with E-state index in [9.17, 15) is 9.59 Å². The minimum atomic E-state index is -1.01. The van der Waals surface area contributed by atoms with Crippen LogP contribution in [-0.2, 0) is 4.79 Å². The van der Waals surface area contributed by atoms with Crippen molar-refractivity contribution in [1.29, 1.82) is 0 Å². The van der Waals surface area contributed by atoms with Gasteiger partial charge in [0.25, 0.3) is 5.91 Å². The number of carboxylic acid groups (broad SMARTS) is 1.